The second-order valence-corrected chi connectivity index (χ2v) is 5.95. The van der Waals surface area contributed by atoms with Gasteiger partial charge in [-0.1, -0.05) is 0 Å². The SMILES string of the molecule is Cc1nc2c(n1C1CCN3CCCC13)CCNC2. The van der Waals surface area contributed by atoms with Crippen molar-refractivity contribution in [3.8, 4) is 0 Å². The molecule has 0 spiro atoms. The number of hydrogen-bond donors (Lipinski definition) is 1. The van der Waals surface area contributed by atoms with E-state index in [1.54, 1.807) is 0 Å². The van der Waals surface area contributed by atoms with Crippen LogP contribution < -0.4 is 5.32 Å². The maximum absolute atomic E-state index is 4.79. The maximum atomic E-state index is 4.79. The number of hydrogen-bond acceptors (Lipinski definition) is 3. The van der Waals surface area contributed by atoms with Crippen LogP contribution in [0.15, 0.2) is 0 Å². The molecular weight excluding hydrogens is 224 g/mol. The van der Waals surface area contributed by atoms with E-state index in [0.717, 1.165) is 25.6 Å². The Bertz CT molecular complexity index is 465. The van der Waals surface area contributed by atoms with Crippen molar-refractivity contribution in [1.29, 1.82) is 0 Å². The number of rotatable bonds is 1. The molecule has 2 saturated heterocycles. The Morgan fingerprint density at radius 2 is 2.17 bits per heavy atom. The smallest absolute Gasteiger partial charge is 0.106 e. The number of aromatic nitrogens is 2. The number of imidazole rings is 1. The summed E-state index contributed by atoms with van der Waals surface area (Å²) in [5, 5.41) is 3.43. The molecule has 18 heavy (non-hydrogen) atoms. The van der Waals surface area contributed by atoms with Gasteiger partial charge in [0.25, 0.3) is 0 Å². The zero-order chi connectivity index (χ0) is 12.1. The lowest BCUT2D eigenvalue weighted by Gasteiger charge is -2.25. The molecule has 2 atom stereocenters. The molecule has 0 aliphatic carbocycles. The normalized spacial score (nSPS) is 31.6. The summed E-state index contributed by atoms with van der Waals surface area (Å²) in [5.41, 5.74) is 2.82. The summed E-state index contributed by atoms with van der Waals surface area (Å²) in [5.74, 6) is 1.24. The first kappa shape index (κ1) is 11.0. The van der Waals surface area contributed by atoms with Crippen LogP contribution in [-0.4, -0.2) is 40.1 Å². The molecule has 3 aliphatic rings. The lowest BCUT2D eigenvalue weighted by Crippen LogP contribution is -2.30. The van der Waals surface area contributed by atoms with Crippen LogP contribution in [0.5, 0.6) is 0 Å². The first-order valence-electron chi connectivity index (χ1n) is 7.36. The molecule has 0 aromatic carbocycles. The molecule has 0 radical (unpaired) electrons. The third-order valence-corrected chi connectivity index (χ3v) is 5.00. The van der Waals surface area contributed by atoms with Crippen LogP contribution in [0.1, 0.15) is 42.5 Å². The first-order valence-corrected chi connectivity index (χ1v) is 7.36. The van der Waals surface area contributed by atoms with Gasteiger partial charge in [0, 0.05) is 37.8 Å². The minimum atomic E-state index is 0.696. The second kappa shape index (κ2) is 4.07. The van der Waals surface area contributed by atoms with Crippen LogP contribution in [0, 0.1) is 6.92 Å². The quantitative estimate of drug-likeness (QED) is 0.809. The van der Waals surface area contributed by atoms with Crippen molar-refractivity contribution in [2.24, 2.45) is 0 Å². The number of nitrogens with one attached hydrogen (secondary N) is 1. The van der Waals surface area contributed by atoms with E-state index in [4.69, 9.17) is 4.98 Å². The lowest BCUT2D eigenvalue weighted by atomic mass is 10.0. The molecule has 3 aliphatic heterocycles. The zero-order valence-electron chi connectivity index (χ0n) is 11.2. The molecule has 0 amide bonds. The van der Waals surface area contributed by atoms with Gasteiger partial charge in [-0.3, -0.25) is 4.90 Å². The topological polar surface area (TPSA) is 33.1 Å². The van der Waals surface area contributed by atoms with Gasteiger partial charge in [-0.05, 0) is 32.7 Å². The Morgan fingerprint density at radius 3 is 3.11 bits per heavy atom. The number of nitrogens with zero attached hydrogens (tertiary/aromatic N) is 3. The number of fused-ring (bicyclic) bond motifs is 2. The summed E-state index contributed by atoms with van der Waals surface area (Å²) >= 11 is 0. The molecule has 4 heterocycles. The fourth-order valence-electron chi connectivity index (χ4n) is 4.27. The fourth-order valence-corrected chi connectivity index (χ4v) is 4.27. The van der Waals surface area contributed by atoms with Gasteiger partial charge in [0.2, 0.25) is 0 Å². The Kier molecular flexibility index (Phi) is 2.49. The summed E-state index contributed by atoms with van der Waals surface area (Å²) in [4.78, 5) is 7.48. The van der Waals surface area contributed by atoms with Gasteiger partial charge in [-0.2, -0.15) is 0 Å². The van der Waals surface area contributed by atoms with Crippen molar-refractivity contribution < 1.29 is 0 Å². The summed E-state index contributed by atoms with van der Waals surface area (Å²) in [6, 6.07) is 1.48. The molecule has 0 saturated carbocycles. The molecule has 98 valence electrons. The van der Waals surface area contributed by atoms with Crippen molar-refractivity contribution in [3.05, 3.63) is 17.2 Å². The van der Waals surface area contributed by atoms with E-state index in [0.29, 0.717) is 6.04 Å². The minimum Gasteiger partial charge on any atom is -0.327 e. The van der Waals surface area contributed by atoms with Gasteiger partial charge >= 0.3 is 0 Å². The average molecular weight is 246 g/mol. The second-order valence-electron chi connectivity index (χ2n) is 5.95. The largest absolute Gasteiger partial charge is 0.327 e. The first-order chi connectivity index (χ1) is 8.84. The van der Waals surface area contributed by atoms with E-state index in [9.17, 15) is 0 Å². The van der Waals surface area contributed by atoms with Gasteiger partial charge in [0.1, 0.15) is 5.82 Å². The fraction of sp³-hybridized carbons (Fsp3) is 0.786. The van der Waals surface area contributed by atoms with E-state index in [1.807, 2.05) is 0 Å². The van der Waals surface area contributed by atoms with Crippen molar-refractivity contribution in [2.75, 3.05) is 19.6 Å². The highest BCUT2D eigenvalue weighted by molar-refractivity contribution is 5.22. The molecule has 1 aromatic heterocycles. The van der Waals surface area contributed by atoms with Crippen LogP contribution in [0.3, 0.4) is 0 Å². The van der Waals surface area contributed by atoms with Crippen molar-refractivity contribution >= 4 is 0 Å². The molecule has 4 heteroatoms. The highest BCUT2D eigenvalue weighted by atomic mass is 15.3. The summed E-state index contributed by atoms with van der Waals surface area (Å²) in [6.45, 7) is 6.87. The standard InChI is InChI=1S/C14H22N4/c1-10-16-11-9-15-6-4-12(11)18(10)14-5-8-17-7-2-3-13(14)17/h13-15H,2-9H2,1H3. The van der Waals surface area contributed by atoms with Crippen LogP contribution in [0.25, 0.3) is 0 Å². The third kappa shape index (κ3) is 1.48. The number of aryl methyl sites for hydroxylation is 1. The summed E-state index contributed by atoms with van der Waals surface area (Å²) < 4.78 is 2.59. The minimum absolute atomic E-state index is 0.696. The molecule has 4 rings (SSSR count). The molecule has 2 unspecified atom stereocenters. The maximum Gasteiger partial charge on any atom is 0.106 e. The molecule has 2 fully saturated rings. The summed E-state index contributed by atoms with van der Waals surface area (Å²) in [7, 11) is 0. The highest BCUT2D eigenvalue weighted by Gasteiger charge is 2.39. The van der Waals surface area contributed by atoms with Crippen LogP contribution in [0.2, 0.25) is 0 Å². The van der Waals surface area contributed by atoms with Gasteiger partial charge in [0.05, 0.1) is 11.7 Å². The van der Waals surface area contributed by atoms with E-state index < -0.39 is 0 Å². The van der Waals surface area contributed by atoms with Crippen molar-refractivity contribution in [1.82, 2.24) is 19.8 Å². The lowest BCUT2D eigenvalue weighted by molar-refractivity contribution is 0.286. The Labute approximate surface area is 108 Å². The van der Waals surface area contributed by atoms with E-state index in [-0.39, 0.29) is 0 Å². The van der Waals surface area contributed by atoms with Crippen LogP contribution in [-0.2, 0) is 13.0 Å². The van der Waals surface area contributed by atoms with Crippen molar-refractivity contribution in [3.63, 3.8) is 0 Å². The van der Waals surface area contributed by atoms with Gasteiger partial charge in [-0.25, -0.2) is 4.98 Å². The predicted molar refractivity (Wildman–Crippen MR) is 70.6 cm³/mol. The van der Waals surface area contributed by atoms with Gasteiger partial charge < -0.3 is 9.88 Å². The van der Waals surface area contributed by atoms with Gasteiger partial charge in [0.15, 0.2) is 0 Å². The molecule has 0 bridgehead atoms. The highest BCUT2D eigenvalue weighted by Crippen LogP contribution is 2.38. The van der Waals surface area contributed by atoms with Gasteiger partial charge in [-0.15, -0.1) is 0 Å². The van der Waals surface area contributed by atoms with Crippen LogP contribution >= 0.6 is 0 Å². The van der Waals surface area contributed by atoms with E-state index in [1.165, 1.54) is 49.6 Å². The average Bonchev–Trinajstić information content (AvgIpc) is 3.01. The van der Waals surface area contributed by atoms with E-state index in [2.05, 4.69) is 21.7 Å². The summed E-state index contributed by atoms with van der Waals surface area (Å²) in [6.07, 6.45) is 5.25. The van der Waals surface area contributed by atoms with Crippen molar-refractivity contribution in [2.45, 2.75) is 51.2 Å². The Hall–Kier alpha value is -0.870. The van der Waals surface area contributed by atoms with E-state index >= 15 is 0 Å². The molecule has 1 aromatic rings. The van der Waals surface area contributed by atoms with Crippen LogP contribution in [0.4, 0.5) is 0 Å². The monoisotopic (exact) mass is 246 g/mol. The Morgan fingerprint density at radius 1 is 1.22 bits per heavy atom. The molecule has 1 N–H and O–H groups in total. The predicted octanol–water partition coefficient (Wildman–Crippen LogP) is 1.25. The zero-order valence-corrected chi connectivity index (χ0v) is 11.2. The third-order valence-electron chi connectivity index (χ3n) is 5.00. The molecule has 4 nitrogen and oxygen atoms in total. The Balaban J connectivity index is 1.74. The molecular formula is C14H22N4.